The number of carbonyl (C=O) groups is 1. The lowest BCUT2D eigenvalue weighted by Gasteiger charge is -2.04. The number of aryl methyl sites for hydroxylation is 1. The molecule has 128 valence electrons. The fourth-order valence-corrected chi connectivity index (χ4v) is 3.14. The van der Waals surface area contributed by atoms with Gasteiger partial charge in [-0.2, -0.15) is 0 Å². The lowest BCUT2D eigenvalue weighted by molar-refractivity contribution is -0.119. The third-order valence-corrected chi connectivity index (χ3v) is 4.29. The van der Waals surface area contributed by atoms with Gasteiger partial charge >= 0.3 is 0 Å². The van der Waals surface area contributed by atoms with Gasteiger partial charge in [-0.25, -0.2) is 15.0 Å². The van der Waals surface area contributed by atoms with E-state index in [9.17, 15) is 4.79 Å². The van der Waals surface area contributed by atoms with Crippen molar-refractivity contribution in [3.8, 4) is 11.3 Å². The Kier molecular flexibility index (Phi) is 5.25. The highest BCUT2D eigenvalue weighted by atomic mass is 35.5. The van der Waals surface area contributed by atoms with Crippen LogP contribution in [0.2, 0.25) is 5.15 Å². The molecule has 0 radical (unpaired) electrons. The summed E-state index contributed by atoms with van der Waals surface area (Å²) in [5.74, 6) is 1.17. The topological polar surface area (TPSA) is 79.8 Å². The number of amides is 1. The van der Waals surface area contributed by atoms with Crippen LogP contribution < -0.4 is 10.6 Å². The first-order valence-corrected chi connectivity index (χ1v) is 8.83. The Labute approximate surface area is 154 Å². The number of hydrogen-bond acceptors (Lipinski definition) is 6. The lowest BCUT2D eigenvalue weighted by Crippen LogP contribution is -2.18. The number of rotatable bonds is 5. The Balaban J connectivity index is 1.71. The van der Waals surface area contributed by atoms with Crippen molar-refractivity contribution < 1.29 is 4.79 Å². The molecule has 0 atom stereocenters. The Morgan fingerprint density at radius 1 is 1.20 bits per heavy atom. The van der Waals surface area contributed by atoms with Gasteiger partial charge in [-0.3, -0.25) is 4.79 Å². The summed E-state index contributed by atoms with van der Waals surface area (Å²) in [6.07, 6.45) is 0. The van der Waals surface area contributed by atoms with Crippen LogP contribution in [-0.2, 0) is 11.3 Å². The number of carbonyl (C=O) groups excluding carboxylic acids is 1. The Hall–Kier alpha value is -2.51. The monoisotopic (exact) mass is 373 g/mol. The van der Waals surface area contributed by atoms with Gasteiger partial charge in [0.2, 0.25) is 5.91 Å². The Bertz CT molecular complexity index is 874. The van der Waals surface area contributed by atoms with E-state index in [0.29, 0.717) is 23.3 Å². The summed E-state index contributed by atoms with van der Waals surface area (Å²) in [7, 11) is 0. The molecule has 3 aromatic rings. The second-order valence-corrected chi connectivity index (χ2v) is 6.64. The van der Waals surface area contributed by atoms with Crippen LogP contribution in [0.15, 0.2) is 35.7 Å². The molecule has 3 rings (SSSR count). The molecule has 8 heteroatoms. The van der Waals surface area contributed by atoms with Gasteiger partial charge in [0.05, 0.1) is 5.69 Å². The number of anilines is 2. The normalized spacial score (nSPS) is 10.5. The van der Waals surface area contributed by atoms with E-state index in [1.807, 2.05) is 29.6 Å². The first-order valence-electron chi connectivity index (χ1n) is 7.57. The fourth-order valence-electron chi connectivity index (χ4n) is 2.19. The molecule has 0 bridgehead atoms. The maximum Gasteiger partial charge on any atom is 0.217 e. The van der Waals surface area contributed by atoms with Gasteiger partial charge in [0.25, 0.3) is 0 Å². The Morgan fingerprint density at radius 2 is 1.96 bits per heavy atom. The molecule has 1 aromatic carbocycles. The van der Waals surface area contributed by atoms with E-state index < -0.39 is 0 Å². The van der Waals surface area contributed by atoms with E-state index in [1.165, 1.54) is 18.3 Å². The summed E-state index contributed by atoms with van der Waals surface area (Å²) in [4.78, 5) is 23.8. The first-order chi connectivity index (χ1) is 12.0. The number of halogens is 1. The standard InChI is InChI=1S/C17H16ClN5OS/c1-10-20-15(18)7-16(21-10)23-17-22-14(9-25-17)13-5-3-12(4-6-13)8-19-11(2)24/h3-7,9H,8H2,1-2H3,(H,19,24)(H,20,21,22,23). The second kappa shape index (κ2) is 7.58. The number of aromatic nitrogens is 3. The van der Waals surface area contributed by atoms with Crippen molar-refractivity contribution in [2.24, 2.45) is 0 Å². The predicted molar refractivity (Wildman–Crippen MR) is 100 cm³/mol. The van der Waals surface area contributed by atoms with Crippen LogP contribution in [0, 0.1) is 6.92 Å². The molecule has 0 fully saturated rings. The van der Waals surface area contributed by atoms with Crippen LogP contribution >= 0.6 is 22.9 Å². The first kappa shape index (κ1) is 17.3. The number of thiazole rings is 1. The van der Waals surface area contributed by atoms with Crippen molar-refractivity contribution in [2.75, 3.05) is 5.32 Å². The molecule has 0 unspecified atom stereocenters. The van der Waals surface area contributed by atoms with Gasteiger partial charge in [-0.15, -0.1) is 11.3 Å². The van der Waals surface area contributed by atoms with Crippen molar-refractivity contribution in [1.29, 1.82) is 0 Å². The zero-order valence-corrected chi connectivity index (χ0v) is 15.3. The third-order valence-electron chi connectivity index (χ3n) is 3.34. The minimum Gasteiger partial charge on any atom is -0.352 e. The number of benzene rings is 1. The maximum atomic E-state index is 11.0. The van der Waals surface area contributed by atoms with Crippen molar-refractivity contribution in [1.82, 2.24) is 20.3 Å². The summed E-state index contributed by atoms with van der Waals surface area (Å²) >= 11 is 7.43. The van der Waals surface area contributed by atoms with Crippen LogP contribution in [0.3, 0.4) is 0 Å². The molecule has 1 amide bonds. The zero-order valence-electron chi connectivity index (χ0n) is 13.7. The molecule has 0 aliphatic rings. The minimum absolute atomic E-state index is 0.0423. The van der Waals surface area contributed by atoms with E-state index in [-0.39, 0.29) is 5.91 Å². The number of nitrogens with one attached hydrogen (secondary N) is 2. The van der Waals surface area contributed by atoms with E-state index in [4.69, 9.17) is 11.6 Å². The highest BCUT2D eigenvalue weighted by Gasteiger charge is 2.07. The van der Waals surface area contributed by atoms with Crippen LogP contribution in [0.5, 0.6) is 0 Å². The summed E-state index contributed by atoms with van der Waals surface area (Å²) < 4.78 is 0. The van der Waals surface area contributed by atoms with Gasteiger partial charge in [-0.05, 0) is 12.5 Å². The largest absolute Gasteiger partial charge is 0.352 e. The average Bonchev–Trinajstić information content (AvgIpc) is 3.01. The average molecular weight is 374 g/mol. The van der Waals surface area contributed by atoms with Crippen LogP contribution in [-0.4, -0.2) is 20.9 Å². The molecular formula is C17H16ClN5OS. The van der Waals surface area contributed by atoms with E-state index in [1.54, 1.807) is 13.0 Å². The molecule has 0 aliphatic carbocycles. The minimum atomic E-state index is -0.0423. The summed E-state index contributed by atoms with van der Waals surface area (Å²) in [6.45, 7) is 3.81. The molecule has 2 N–H and O–H groups in total. The Morgan fingerprint density at radius 3 is 2.64 bits per heavy atom. The summed E-state index contributed by atoms with van der Waals surface area (Å²) in [6, 6.07) is 9.59. The van der Waals surface area contributed by atoms with E-state index >= 15 is 0 Å². The molecule has 0 saturated carbocycles. The van der Waals surface area contributed by atoms with Gasteiger partial charge < -0.3 is 10.6 Å². The second-order valence-electron chi connectivity index (χ2n) is 5.39. The predicted octanol–water partition coefficient (Wildman–Crippen LogP) is 3.94. The highest BCUT2D eigenvalue weighted by Crippen LogP contribution is 2.27. The van der Waals surface area contributed by atoms with Gasteiger partial charge in [0.1, 0.15) is 16.8 Å². The highest BCUT2D eigenvalue weighted by molar-refractivity contribution is 7.14. The van der Waals surface area contributed by atoms with Crippen LogP contribution in [0.25, 0.3) is 11.3 Å². The molecular weight excluding hydrogens is 358 g/mol. The van der Waals surface area contributed by atoms with Crippen molar-refractivity contribution >= 4 is 39.8 Å². The molecule has 2 aromatic heterocycles. The quantitative estimate of drug-likeness (QED) is 0.662. The molecule has 6 nitrogen and oxygen atoms in total. The van der Waals surface area contributed by atoms with Crippen LogP contribution in [0.4, 0.5) is 10.9 Å². The number of nitrogens with zero attached hydrogens (tertiary/aromatic N) is 3. The van der Waals surface area contributed by atoms with Gasteiger partial charge in [-0.1, -0.05) is 35.9 Å². The molecule has 25 heavy (non-hydrogen) atoms. The number of hydrogen-bond donors (Lipinski definition) is 2. The molecule has 0 saturated heterocycles. The summed E-state index contributed by atoms with van der Waals surface area (Å²) in [5.41, 5.74) is 2.92. The van der Waals surface area contributed by atoms with E-state index in [2.05, 4.69) is 25.6 Å². The zero-order chi connectivity index (χ0) is 17.8. The fraction of sp³-hybridized carbons (Fsp3) is 0.176. The SMILES string of the molecule is CC(=O)NCc1ccc(-c2csc(Nc3cc(Cl)nc(C)n3)n2)cc1. The smallest absolute Gasteiger partial charge is 0.217 e. The van der Waals surface area contributed by atoms with Gasteiger partial charge in [0.15, 0.2) is 5.13 Å². The third kappa shape index (κ3) is 4.74. The maximum absolute atomic E-state index is 11.0. The van der Waals surface area contributed by atoms with Crippen molar-refractivity contribution in [3.63, 3.8) is 0 Å². The molecule has 0 aliphatic heterocycles. The van der Waals surface area contributed by atoms with Crippen molar-refractivity contribution in [3.05, 3.63) is 52.3 Å². The van der Waals surface area contributed by atoms with Gasteiger partial charge in [0, 0.05) is 30.5 Å². The van der Waals surface area contributed by atoms with Crippen LogP contribution in [0.1, 0.15) is 18.3 Å². The summed E-state index contributed by atoms with van der Waals surface area (Å²) in [5, 5.41) is 9.01. The van der Waals surface area contributed by atoms with Crippen molar-refractivity contribution in [2.45, 2.75) is 20.4 Å². The molecule has 0 spiro atoms. The molecule has 2 heterocycles. The lowest BCUT2D eigenvalue weighted by atomic mass is 10.1. The van der Waals surface area contributed by atoms with E-state index in [0.717, 1.165) is 22.0 Å².